The summed E-state index contributed by atoms with van der Waals surface area (Å²) in [6.45, 7) is 14.2. The number of nitrogens with zero attached hydrogens (tertiary/aromatic N) is 1. The molecular weight excluding hydrogens is 162 g/mol. The Hall–Kier alpha value is 0.210. The molecule has 0 aromatic carbocycles. The Labute approximate surface area is 75.5 Å². The van der Waals surface area contributed by atoms with Crippen LogP contribution in [0.3, 0.4) is 0 Å². The third kappa shape index (κ3) is 4.62. The van der Waals surface area contributed by atoms with E-state index in [4.69, 9.17) is 4.66 Å². The van der Waals surface area contributed by atoms with E-state index in [9.17, 15) is 0 Å². The summed E-state index contributed by atoms with van der Waals surface area (Å²) in [7, 11) is 0. The van der Waals surface area contributed by atoms with Crippen molar-refractivity contribution in [3.63, 3.8) is 0 Å². The molecule has 3 heteroatoms. The van der Waals surface area contributed by atoms with Gasteiger partial charge in [0.15, 0.2) is 0 Å². The van der Waals surface area contributed by atoms with Gasteiger partial charge in [0, 0.05) is 0 Å². The van der Waals surface area contributed by atoms with Crippen LogP contribution in [0.5, 0.6) is 0 Å². The monoisotopic (exact) mass is 182 g/mol. The minimum absolute atomic E-state index is 1.28. The summed E-state index contributed by atoms with van der Waals surface area (Å²) >= 11 is 3.64. The standard InChI is InChI=1S/C8H20N.ClHO/c1-5-9(6-2,7-3)8-4;1-2/h5-8H2,1-4H3;2H/q+1;. The summed E-state index contributed by atoms with van der Waals surface area (Å²) < 4.78 is 7.75. The van der Waals surface area contributed by atoms with E-state index in [-0.39, 0.29) is 0 Å². The van der Waals surface area contributed by atoms with Crippen molar-refractivity contribution in [3.05, 3.63) is 0 Å². The van der Waals surface area contributed by atoms with E-state index in [2.05, 4.69) is 39.6 Å². The first-order valence-electron chi connectivity index (χ1n) is 4.26. The second-order valence-corrected chi connectivity index (χ2v) is 2.61. The maximum atomic E-state index is 6.47. The Kier molecular flexibility index (Phi) is 10.4. The summed E-state index contributed by atoms with van der Waals surface area (Å²) in [5.74, 6) is 0. The van der Waals surface area contributed by atoms with Crippen LogP contribution < -0.4 is 0 Å². The molecule has 0 amide bonds. The van der Waals surface area contributed by atoms with Crippen LogP contribution in [-0.4, -0.2) is 35.3 Å². The largest absolute Gasteiger partial charge is 0.325 e. The maximum Gasteiger partial charge on any atom is 0.0757 e. The van der Waals surface area contributed by atoms with Gasteiger partial charge in [-0.3, -0.25) is 4.66 Å². The highest BCUT2D eigenvalue weighted by atomic mass is 35.5. The Balaban J connectivity index is 0. The molecule has 0 unspecified atom stereocenters. The highest BCUT2D eigenvalue weighted by Gasteiger charge is 2.16. The molecule has 0 saturated carbocycles. The molecular formula is C8H21ClNO+. The van der Waals surface area contributed by atoms with E-state index >= 15 is 0 Å². The Morgan fingerprint density at radius 1 is 0.818 bits per heavy atom. The van der Waals surface area contributed by atoms with Crippen LogP contribution in [0, 0.1) is 0 Å². The molecule has 0 aliphatic rings. The highest BCUT2D eigenvalue weighted by Crippen LogP contribution is 2.03. The van der Waals surface area contributed by atoms with Gasteiger partial charge in [-0.15, -0.1) is 0 Å². The summed E-state index contributed by atoms with van der Waals surface area (Å²) in [4.78, 5) is 0. The number of rotatable bonds is 4. The first kappa shape index (κ1) is 13.8. The van der Waals surface area contributed by atoms with Gasteiger partial charge in [-0.2, -0.15) is 0 Å². The number of hydrogen-bond donors (Lipinski definition) is 1. The summed E-state index contributed by atoms with van der Waals surface area (Å²) in [5.41, 5.74) is 0. The number of halogens is 1. The molecule has 0 spiro atoms. The molecule has 0 saturated heterocycles. The van der Waals surface area contributed by atoms with E-state index in [1.54, 1.807) is 0 Å². The van der Waals surface area contributed by atoms with Gasteiger partial charge in [-0.05, 0) is 27.7 Å². The van der Waals surface area contributed by atoms with E-state index in [1.165, 1.54) is 30.7 Å². The first-order valence-corrected chi connectivity index (χ1v) is 4.60. The SMILES string of the molecule is CC[N+](CC)(CC)CC.OCl. The van der Waals surface area contributed by atoms with Crippen LogP contribution in [0.4, 0.5) is 0 Å². The summed E-state index contributed by atoms with van der Waals surface area (Å²) in [6.07, 6.45) is 0. The predicted octanol–water partition coefficient (Wildman–Crippen LogP) is 2.02. The van der Waals surface area contributed by atoms with Gasteiger partial charge in [-0.1, -0.05) is 0 Å². The molecule has 1 N–H and O–H groups in total. The maximum absolute atomic E-state index is 6.47. The van der Waals surface area contributed by atoms with Gasteiger partial charge in [0.05, 0.1) is 38.0 Å². The zero-order chi connectivity index (χ0) is 9.33. The van der Waals surface area contributed by atoms with Crippen molar-refractivity contribution in [1.29, 1.82) is 0 Å². The van der Waals surface area contributed by atoms with Gasteiger partial charge in [0.2, 0.25) is 0 Å². The van der Waals surface area contributed by atoms with Crippen LogP contribution in [0.2, 0.25) is 0 Å². The average Bonchev–Trinajstić information content (AvgIpc) is 2.13. The zero-order valence-corrected chi connectivity index (χ0v) is 8.86. The molecule has 0 aliphatic carbocycles. The van der Waals surface area contributed by atoms with Crippen LogP contribution >= 0.6 is 11.9 Å². The lowest BCUT2D eigenvalue weighted by Gasteiger charge is -2.34. The van der Waals surface area contributed by atoms with Crippen molar-refractivity contribution < 1.29 is 9.14 Å². The molecule has 0 heterocycles. The average molecular weight is 183 g/mol. The molecule has 70 valence electrons. The van der Waals surface area contributed by atoms with E-state index in [1.807, 2.05) is 0 Å². The van der Waals surface area contributed by atoms with Crippen molar-refractivity contribution >= 4 is 11.9 Å². The van der Waals surface area contributed by atoms with Crippen molar-refractivity contribution in [2.24, 2.45) is 0 Å². The van der Waals surface area contributed by atoms with Crippen molar-refractivity contribution in [1.82, 2.24) is 0 Å². The third-order valence-corrected chi connectivity index (χ3v) is 2.68. The van der Waals surface area contributed by atoms with Gasteiger partial charge >= 0.3 is 0 Å². The second-order valence-electron chi connectivity index (χ2n) is 2.61. The lowest BCUT2D eigenvalue weighted by atomic mass is 10.3. The van der Waals surface area contributed by atoms with Gasteiger partial charge in [-0.25, -0.2) is 0 Å². The van der Waals surface area contributed by atoms with Crippen molar-refractivity contribution in [2.75, 3.05) is 26.2 Å². The highest BCUT2D eigenvalue weighted by molar-refractivity contribution is 6.04. The van der Waals surface area contributed by atoms with Gasteiger partial charge in [0.1, 0.15) is 0 Å². The van der Waals surface area contributed by atoms with Gasteiger partial charge in [0.25, 0.3) is 0 Å². The molecule has 0 atom stereocenters. The Morgan fingerprint density at radius 3 is 1.00 bits per heavy atom. The normalized spacial score (nSPS) is 10.4. The number of hydrogen-bond acceptors (Lipinski definition) is 1. The van der Waals surface area contributed by atoms with Gasteiger partial charge < -0.3 is 4.48 Å². The predicted molar refractivity (Wildman–Crippen MR) is 50.5 cm³/mol. The van der Waals surface area contributed by atoms with Crippen molar-refractivity contribution in [2.45, 2.75) is 27.7 Å². The molecule has 11 heavy (non-hydrogen) atoms. The summed E-state index contributed by atoms with van der Waals surface area (Å²) in [6, 6.07) is 0. The van der Waals surface area contributed by atoms with E-state index in [0.29, 0.717) is 0 Å². The lowest BCUT2D eigenvalue weighted by molar-refractivity contribution is -0.921. The Morgan fingerprint density at radius 2 is 1.00 bits per heavy atom. The second kappa shape index (κ2) is 8.31. The molecule has 0 rings (SSSR count). The fourth-order valence-corrected chi connectivity index (χ4v) is 1.34. The van der Waals surface area contributed by atoms with Crippen LogP contribution in [0.1, 0.15) is 27.7 Å². The topological polar surface area (TPSA) is 20.2 Å². The number of quaternary nitrogens is 1. The van der Waals surface area contributed by atoms with Crippen LogP contribution in [0.25, 0.3) is 0 Å². The third-order valence-electron chi connectivity index (χ3n) is 2.68. The molecule has 0 bridgehead atoms. The quantitative estimate of drug-likeness (QED) is 0.660. The fourth-order valence-electron chi connectivity index (χ4n) is 1.34. The van der Waals surface area contributed by atoms with Crippen LogP contribution in [-0.2, 0) is 0 Å². The van der Waals surface area contributed by atoms with E-state index in [0.717, 1.165) is 0 Å². The molecule has 0 aliphatic heterocycles. The smallest absolute Gasteiger partial charge is 0.0757 e. The van der Waals surface area contributed by atoms with Crippen LogP contribution in [0.15, 0.2) is 0 Å². The minimum Gasteiger partial charge on any atom is -0.325 e. The first-order chi connectivity index (χ1) is 5.24. The van der Waals surface area contributed by atoms with Crippen molar-refractivity contribution in [3.8, 4) is 0 Å². The lowest BCUT2D eigenvalue weighted by Crippen LogP contribution is -2.47. The Bertz CT molecular complexity index is 57.0. The molecule has 2 nitrogen and oxygen atoms in total. The summed E-state index contributed by atoms with van der Waals surface area (Å²) in [5, 5.41) is 0. The van der Waals surface area contributed by atoms with E-state index < -0.39 is 0 Å². The fraction of sp³-hybridized carbons (Fsp3) is 1.00. The molecule has 0 aromatic heterocycles. The minimum atomic E-state index is 1.28. The zero-order valence-electron chi connectivity index (χ0n) is 8.10. The molecule has 0 fully saturated rings. The molecule has 0 radical (unpaired) electrons. The molecule has 0 aromatic rings.